The number of H-pyrrole nitrogens is 1. The largest absolute Gasteiger partial charge is 0.379 e. The minimum absolute atomic E-state index is 0.226. The molecule has 0 saturated heterocycles. The number of anilines is 1. The van der Waals surface area contributed by atoms with Crippen LogP contribution in [0.15, 0.2) is 42.9 Å². The van der Waals surface area contributed by atoms with E-state index in [9.17, 15) is 0 Å². The van der Waals surface area contributed by atoms with E-state index in [-0.39, 0.29) is 6.04 Å². The monoisotopic (exact) mass is 400 g/mol. The summed E-state index contributed by atoms with van der Waals surface area (Å²) in [6, 6.07) is 8.48. The molecule has 0 bridgehead atoms. The topological polar surface area (TPSA) is 89.2 Å². The van der Waals surface area contributed by atoms with E-state index in [2.05, 4.69) is 46.6 Å². The van der Waals surface area contributed by atoms with Crippen molar-refractivity contribution in [2.45, 2.75) is 33.4 Å². The summed E-state index contributed by atoms with van der Waals surface area (Å²) in [6.45, 7) is 6.95. The SMILES string of the molecule is Cc1nn(C(C)C)c2c(NCc3cnn(C)c3)cc(-c3cccc4cn[nH]c34)nc12. The van der Waals surface area contributed by atoms with Gasteiger partial charge in [-0.25, -0.2) is 4.98 Å². The Kier molecular flexibility index (Phi) is 4.27. The number of aromatic amines is 1. The van der Waals surface area contributed by atoms with Gasteiger partial charge in [-0.2, -0.15) is 15.3 Å². The number of pyridine rings is 1. The number of aryl methyl sites for hydroxylation is 2. The van der Waals surface area contributed by atoms with Crippen LogP contribution < -0.4 is 5.32 Å². The maximum absolute atomic E-state index is 5.01. The third-order valence-corrected chi connectivity index (χ3v) is 5.31. The Morgan fingerprint density at radius 3 is 2.83 bits per heavy atom. The first kappa shape index (κ1) is 18.4. The highest BCUT2D eigenvalue weighted by atomic mass is 15.3. The molecule has 0 saturated carbocycles. The van der Waals surface area contributed by atoms with E-state index in [0.29, 0.717) is 6.54 Å². The lowest BCUT2D eigenvalue weighted by molar-refractivity contribution is 0.547. The Hall–Kier alpha value is -3.68. The average Bonchev–Trinajstić information content (AvgIpc) is 3.45. The van der Waals surface area contributed by atoms with Crippen LogP contribution in [-0.4, -0.2) is 34.7 Å². The summed E-state index contributed by atoms with van der Waals surface area (Å²) in [5.41, 5.74) is 7.86. The van der Waals surface area contributed by atoms with E-state index in [4.69, 9.17) is 10.1 Å². The summed E-state index contributed by atoms with van der Waals surface area (Å²) in [7, 11) is 1.93. The number of benzene rings is 1. The molecule has 5 aromatic rings. The Labute approximate surface area is 173 Å². The molecule has 0 radical (unpaired) electrons. The van der Waals surface area contributed by atoms with Gasteiger partial charge in [-0.3, -0.25) is 14.5 Å². The van der Waals surface area contributed by atoms with Crippen LogP contribution in [0.25, 0.3) is 33.2 Å². The third kappa shape index (κ3) is 3.01. The molecular weight excluding hydrogens is 376 g/mol. The van der Waals surface area contributed by atoms with Gasteiger partial charge in [0.1, 0.15) is 11.0 Å². The van der Waals surface area contributed by atoms with Gasteiger partial charge in [0.2, 0.25) is 0 Å². The fourth-order valence-corrected chi connectivity index (χ4v) is 3.87. The average molecular weight is 400 g/mol. The number of hydrogen-bond donors (Lipinski definition) is 2. The van der Waals surface area contributed by atoms with Crippen molar-refractivity contribution in [2.24, 2.45) is 7.05 Å². The fourth-order valence-electron chi connectivity index (χ4n) is 3.87. The van der Waals surface area contributed by atoms with Crippen molar-refractivity contribution in [3.05, 3.63) is 54.1 Å². The van der Waals surface area contributed by atoms with Crippen molar-refractivity contribution in [2.75, 3.05) is 5.32 Å². The summed E-state index contributed by atoms with van der Waals surface area (Å²) in [5.74, 6) is 0. The van der Waals surface area contributed by atoms with Crippen LogP contribution in [0.5, 0.6) is 0 Å². The highest BCUT2D eigenvalue weighted by Crippen LogP contribution is 2.34. The number of nitrogens with one attached hydrogen (secondary N) is 2. The molecule has 4 aromatic heterocycles. The van der Waals surface area contributed by atoms with E-state index in [1.54, 1.807) is 0 Å². The molecule has 0 spiro atoms. The van der Waals surface area contributed by atoms with E-state index >= 15 is 0 Å². The van der Waals surface area contributed by atoms with Crippen LogP contribution in [0.1, 0.15) is 31.1 Å². The number of hydrogen-bond acceptors (Lipinski definition) is 5. The predicted molar refractivity (Wildman–Crippen MR) is 118 cm³/mol. The first-order valence-corrected chi connectivity index (χ1v) is 10.0. The molecule has 0 amide bonds. The molecule has 0 aliphatic rings. The summed E-state index contributed by atoms with van der Waals surface area (Å²) in [5, 5.41) is 21.0. The van der Waals surface area contributed by atoms with Gasteiger partial charge < -0.3 is 5.32 Å². The fraction of sp³-hybridized carbons (Fsp3) is 0.273. The molecule has 2 N–H and O–H groups in total. The molecule has 0 unspecified atom stereocenters. The van der Waals surface area contributed by atoms with Crippen molar-refractivity contribution in [3.63, 3.8) is 0 Å². The smallest absolute Gasteiger partial charge is 0.114 e. The number of rotatable bonds is 5. The van der Waals surface area contributed by atoms with Crippen molar-refractivity contribution in [1.82, 2.24) is 34.7 Å². The highest BCUT2D eigenvalue weighted by Gasteiger charge is 2.18. The van der Waals surface area contributed by atoms with Crippen LogP contribution in [0, 0.1) is 6.92 Å². The highest BCUT2D eigenvalue weighted by molar-refractivity contribution is 5.97. The number of fused-ring (bicyclic) bond motifs is 2. The van der Waals surface area contributed by atoms with Crippen LogP contribution in [0.2, 0.25) is 0 Å². The molecule has 1 aromatic carbocycles. The minimum atomic E-state index is 0.226. The lowest BCUT2D eigenvalue weighted by atomic mass is 10.1. The number of aromatic nitrogens is 7. The van der Waals surface area contributed by atoms with Gasteiger partial charge in [-0.05, 0) is 26.8 Å². The Bertz CT molecular complexity index is 1350. The zero-order chi connectivity index (χ0) is 20.8. The molecule has 0 atom stereocenters. The van der Waals surface area contributed by atoms with Gasteiger partial charge >= 0.3 is 0 Å². The number of nitrogens with zero attached hydrogens (tertiary/aromatic N) is 6. The maximum atomic E-state index is 5.01. The predicted octanol–water partition coefficient (Wildman–Crippen LogP) is 4.21. The van der Waals surface area contributed by atoms with Crippen LogP contribution in [0.3, 0.4) is 0 Å². The van der Waals surface area contributed by atoms with Crippen LogP contribution in [-0.2, 0) is 13.6 Å². The van der Waals surface area contributed by atoms with E-state index in [1.165, 1.54) is 0 Å². The van der Waals surface area contributed by atoms with Gasteiger partial charge in [-0.1, -0.05) is 18.2 Å². The first-order valence-electron chi connectivity index (χ1n) is 10.0. The van der Waals surface area contributed by atoms with E-state index in [0.717, 1.165) is 50.1 Å². The standard InChI is InChI=1S/C22H24N8/c1-13(2)30-22-19(23-9-15-10-25-29(4)12-15)8-18(26-20(22)14(3)28-30)17-7-5-6-16-11-24-27-21(16)17/h5-8,10-13H,9H2,1-4H3,(H,23,26)(H,24,27). The molecule has 0 aliphatic carbocycles. The Balaban J connectivity index is 1.69. The van der Waals surface area contributed by atoms with Crippen molar-refractivity contribution in [3.8, 4) is 11.3 Å². The van der Waals surface area contributed by atoms with E-state index < -0.39 is 0 Å². The summed E-state index contributed by atoms with van der Waals surface area (Å²) in [6.07, 6.45) is 5.73. The zero-order valence-electron chi connectivity index (χ0n) is 17.5. The lowest BCUT2D eigenvalue weighted by Crippen LogP contribution is -2.07. The van der Waals surface area contributed by atoms with Gasteiger partial charge in [0.15, 0.2) is 0 Å². The molecule has 0 aliphatic heterocycles. The van der Waals surface area contributed by atoms with Gasteiger partial charge in [0.05, 0.1) is 35.0 Å². The first-order chi connectivity index (χ1) is 14.5. The second-order valence-corrected chi connectivity index (χ2v) is 7.89. The molecule has 152 valence electrons. The van der Waals surface area contributed by atoms with Gasteiger partial charge in [0, 0.05) is 42.3 Å². The van der Waals surface area contributed by atoms with Crippen molar-refractivity contribution < 1.29 is 0 Å². The molecular formula is C22H24N8. The summed E-state index contributed by atoms with van der Waals surface area (Å²) in [4.78, 5) is 5.01. The quantitative estimate of drug-likeness (QED) is 0.461. The third-order valence-electron chi connectivity index (χ3n) is 5.31. The minimum Gasteiger partial charge on any atom is -0.379 e. The molecule has 5 rings (SSSR count). The van der Waals surface area contributed by atoms with Crippen molar-refractivity contribution >= 4 is 27.6 Å². The molecule has 30 heavy (non-hydrogen) atoms. The number of para-hydroxylation sites is 1. The second kappa shape index (κ2) is 6.98. The van der Waals surface area contributed by atoms with E-state index in [1.807, 2.05) is 54.1 Å². The molecule has 8 nitrogen and oxygen atoms in total. The summed E-state index contributed by atoms with van der Waals surface area (Å²) < 4.78 is 3.86. The second-order valence-electron chi connectivity index (χ2n) is 7.89. The van der Waals surface area contributed by atoms with Crippen LogP contribution >= 0.6 is 0 Å². The Morgan fingerprint density at radius 2 is 2.07 bits per heavy atom. The zero-order valence-corrected chi connectivity index (χ0v) is 17.5. The normalized spacial score (nSPS) is 11.8. The maximum Gasteiger partial charge on any atom is 0.114 e. The lowest BCUT2D eigenvalue weighted by Gasteiger charge is -2.14. The Morgan fingerprint density at radius 1 is 1.20 bits per heavy atom. The van der Waals surface area contributed by atoms with Crippen molar-refractivity contribution in [1.29, 1.82) is 0 Å². The van der Waals surface area contributed by atoms with Gasteiger partial charge in [0.25, 0.3) is 0 Å². The summed E-state index contributed by atoms with van der Waals surface area (Å²) >= 11 is 0. The molecule has 8 heteroatoms. The van der Waals surface area contributed by atoms with Crippen LogP contribution in [0.4, 0.5) is 5.69 Å². The molecule has 0 fully saturated rings. The molecule has 4 heterocycles. The van der Waals surface area contributed by atoms with Gasteiger partial charge in [-0.15, -0.1) is 0 Å².